The van der Waals surface area contributed by atoms with Gasteiger partial charge in [-0.1, -0.05) is 63.6 Å². The van der Waals surface area contributed by atoms with E-state index in [0.717, 1.165) is 15.4 Å². The van der Waals surface area contributed by atoms with Crippen LogP contribution in [0.15, 0.2) is 69.6 Å². The van der Waals surface area contributed by atoms with Crippen LogP contribution in [0.25, 0.3) is 21.5 Å². The van der Waals surface area contributed by atoms with Crippen LogP contribution in [0.2, 0.25) is 0 Å². The van der Waals surface area contributed by atoms with E-state index in [1.807, 2.05) is 12.2 Å². The van der Waals surface area contributed by atoms with Gasteiger partial charge in [0, 0.05) is 0 Å². The van der Waals surface area contributed by atoms with Gasteiger partial charge in [-0.15, -0.1) is 46.2 Å². The summed E-state index contributed by atoms with van der Waals surface area (Å²) in [5, 5.41) is 5.22. The second-order valence-electron chi connectivity index (χ2n) is 4.61. The van der Waals surface area contributed by atoms with Crippen LogP contribution in [0.4, 0.5) is 0 Å². The molecular weight excluding hydrogens is 574 g/mol. The average Bonchev–Trinajstić information content (AvgIpc) is 3.08. The zero-order valence-electron chi connectivity index (χ0n) is 14.0. The molecule has 0 saturated heterocycles. The number of rotatable bonds is 0. The topological polar surface area (TPSA) is 0 Å². The summed E-state index contributed by atoms with van der Waals surface area (Å²) in [6.45, 7) is 0. The molecule has 0 spiro atoms. The minimum absolute atomic E-state index is 0. The number of allylic oxidation sites excluding steroid dienone is 4. The molecule has 0 aromatic heterocycles. The largest absolute Gasteiger partial charge is 2.00 e. The van der Waals surface area contributed by atoms with Crippen molar-refractivity contribution >= 4 is 53.4 Å². The van der Waals surface area contributed by atoms with E-state index in [4.69, 9.17) is 0 Å². The number of halogens is 4. The Morgan fingerprint density at radius 1 is 0.846 bits per heavy atom. The summed E-state index contributed by atoms with van der Waals surface area (Å²) in [7, 11) is 0. The molecule has 142 valence electrons. The smallest absolute Gasteiger partial charge is 1.00 e. The van der Waals surface area contributed by atoms with Crippen LogP contribution in [-0.4, -0.2) is 0 Å². The van der Waals surface area contributed by atoms with E-state index in [9.17, 15) is 0 Å². The Labute approximate surface area is 207 Å². The fourth-order valence-corrected chi connectivity index (χ4v) is 3.06. The minimum atomic E-state index is 0. The zero-order valence-corrected chi connectivity index (χ0v) is 21.1. The normalized spacial score (nSPS) is 9.92. The molecule has 0 unspecified atom stereocenters. The summed E-state index contributed by atoms with van der Waals surface area (Å²) in [6.07, 6.45) is 10.0. The first kappa shape index (κ1) is 33.8. The minimum Gasteiger partial charge on any atom is -1.00 e. The Morgan fingerprint density at radius 3 is 1.62 bits per heavy atom. The van der Waals surface area contributed by atoms with Crippen molar-refractivity contribution in [2.75, 3.05) is 0 Å². The van der Waals surface area contributed by atoms with Gasteiger partial charge in [-0.2, -0.15) is 6.08 Å². The summed E-state index contributed by atoms with van der Waals surface area (Å²) >= 11 is 6.99. The Hall–Kier alpha value is 0.213. The fraction of sp³-hybridized carbons (Fsp3) is 0.0952. The van der Waals surface area contributed by atoms with Gasteiger partial charge in [0.05, 0.1) is 0 Å². The molecule has 0 N–H and O–H groups in total. The van der Waals surface area contributed by atoms with Crippen molar-refractivity contribution < 1.29 is 51.0 Å². The summed E-state index contributed by atoms with van der Waals surface area (Å²) in [5.41, 5.74) is 0. The first-order chi connectivity index (χ1) is 9.74. The van der Waals surface area contributed by atoms with Crippen LogP contribution < -0.4 is 24.8 Å². The molecule has 0 radical (unpaired) electrons. The molecule has 0 bridgehead atoms. The second kappa shape index (κ2) is 16.2. The van der Waals surface area contributed by atoms with Crippen molar-refractivity contribution in [3.05, 3.63) is 90.6 Å². The molecule has 0 fully saturated rings. The van der Waals surface area contributed by atoms with Gasteiger partial charge in [-0.05, 0) is 8.95 Å². The van der Waals surface area contributed by atoms with Crippen LogP contribution in [0, 0.1) is 20.9 Å². The Balaban J connectivity index is -0.000000196. The van der Waals surface area contributed by atoms with Gasteiger partial charge in [0.1, 0.15) is 0 Å². The summed E-state index contributed by atoms with van der Waals surface area (Å²) < 4.78 is 2.26. The SMILES string of the molecule is Brc1ccc2c(c1)[cH-]c1cc(Br)ccc12.C.[C-]1=CC=CC1.[CH3-].[CH3-].[Cl-].[Cl-].[Zr+2]. The van der Waals surface area contributed by atoms with E-state index in [-0.39, 0.29) is 73.3 Å². The number of hydrogen-bond acceptors (Lipinski definition) is 0. The first-order valence-electron chi connectivity index (χ1n) is 6.40. The van der Waals surface area contributed by atoms with Crippen molar-refractivity contribution in [1.82, 2.24) is 0 Å². The van der Waals surface area contributed by atoms with Crippen molar-refractivity contribution in [3.63, 3.8) is 0 Å². The van der Waals surface area contributed by atoms with Gasteiger partial charge in [-0.25, -0.2) is 12.2 Å². The molecule has 5 heteroatoms. The molecule has 26 heavy (non-hydrogen) atoms. The zero-order chi connectivity index (χ0) is 13.9. The van der Waals surface area contributed by atoms with Gasteiger partial charge < -0.3 is 39.7 Å². The predicted octanol–water partition coefficient (Wildman–Crippen LogP) is 2.08. The maximum Gasteiger partial charge on any atom is 2.00 e. The Morgan fingerprint density at radius 2 is 1.31 bits per heavy atom. The quantitative estimate of drug-likeness (QED) is 0.349. The van der Waals surface area contributed by atoms with Crippen LogP contribution in [-0.2, 0) is 26.2 Å². The Kier molecular flexibility index (Phi) is 21.0. The predicted molar refractivity (Wildman–Crippen MR) is 114 cm³/mol. The average molecular weight is 596 g/mol. The third-order valence-corrected chi connectivity index (χ3v) is 4.20. The third kappa shape index (κ3) is 8.49. The molecule has 0 atom stereocenters. The molecule has 3 aromatic carbocycles. The maximum absolute atomic E-state index is 3.49. The number of hydrogen-bond donors (Lipinski definition) is 0. The summed E-state index contributed by atoms with van der Waals surface area (Å²) in [4.78, 5) is 0. The molecule has 1 aliphatic rings. The molecule has 0 aliphatic heterocycles. The van der Waals surface area contributed by atoms with Crippen molar-refractivity contribution in [2.45, 2.75) is 13.8 Å². The summed E-state index contributed by atoms with van der Waals surface area (Å²) in [5.74, 6) is 0. The van der Waals surface area contributed by atoms with Gasteiger partial charge in [0.15, 0.2) is 0 Å². The molecule has 1 aliphatic carbocycles. The van der Waals surface area contributed by atoms with Crippen LogP contribution in [0.3, 0.4) is 0 Å². The third-order valence-electron chi connectivity index (χ3n) is 3.21. The maximum atomic E-state index is 3.49. The van der Waals surface area contributed by atoms with Crippen molar-refractivity contribution in [1.29, 1.82) is 0 Å². The monoisotopic (exact) mass is 592 g/mol. The van der Waals surface area contributed by atoms with E-state index in [2.05, 4.69) is 86.5 Å². The summed E-state index contributed by atoms with van der Waals surface area (Å²) in [6, 6.07) is 15.0. The molecule has 0 heterocycles. The first-order valence-corrected chi connectivity index (χ1v) is 7.98. The molecule has 0 saturated carbocycles. The van der Waals surface area contributed by atoms with E-state index in [1.165, 1.54) is 21.5 Å². The molecule has 0 amide bonds. The van der Waals surface area contributed by atoms with Gasteiger partial charge >= 0.3 is 26.2 Å². The van der Waals surface area contributed by atoms with Crippen LogP contribution >= 0.6 is 31.9 Å². The molecular formula is C21H22Br2Cl2Zr-4. The van der Waals surface area contributed by atoms with E-state index < -0.39 is 0 Å². The van der Waals surface area contributed by atoms with Crippen molar-refractivity contribution in [3.8, 4) is 0 Å². The molecule has 3 aromatic rings. The van der Waals surface area contributed by atoms with Gasteiger partial charge in [0.2, 0.25) is 0 Å². The van der Waals surface area contributed by atoms with Crippen LogP contribution in [0.5, 0.6) is 0 Å². The van der Waals surface area contributed by atoms with E-state index in [1.54, 1.807) is 0 Å². The standard InChI is InChI=1S/C13H7Br2.C5H5.CH4.2CH3.2ClH.Zr/c14-10-1-3-12-8(6-10)5-9-7-11(15)2-4-13(9)12;1-2-4-5-3-1;;;;;;/h1-7H;1-3H,4H2;1H4;2*1H3;2*1H;/q2*-1;;2*-1;;;+2/p-2. The second-order valence-corrected chi connectivity index (χ2v) is 6.44. The number of fused-ring (bicyclic) bond motifs is 3. The van der Waals surface area contributed by atoms with E-state index >= 15 is 0 Å². The molecule has 0 nitrogen and oxygen atoms in total. The fourth-order valence-electron chi connectivity index (χ4n) is 2.30. The van der Waals surface area contributed by atoms with E-state index in [0.29, 0.717) is 0 Å². The van der Waals surface area contributed by atoms with Crippen LogP contribution in [0.1, 0.15) is 13.8 Å². The Bertz CT molecular complexity index is 757. The van der Waals surface area contributed by atoms with Gasteiger partial charge in [0.25, 0.3) is 0 Å². The number of benzene rings is 2. The van der Waals surface area contributed by atoms with Gasteiger partial charge in [-0.3, -0.25) is 6.08 Å². The molecule has 4 rings (SSSR count). The van der Waals surface area contributed by atoms with Crippen molar-refractivity contribution in [2.24, 2.45) is 0 Å².